The number of nitrogens with two attached hydrogens (primary N) is 1. The van der Waals surface area contributed by atoms with Gasteiger partial charge in [-0.1, -0.05) is 43.3 Å². The van der Waals surface area contributed by atoms with Gasteiger partial charge in [0.15, 0.2) is 5.69 Å². The molecule has 0 aliphatic heterocycles. The fourth-order valence-electron chi connectivity index (χ4n) is 3.08. The maximum absolute atomic E-state index is 12.2. The Labute approximate surface area is 147 Å². The number of carbonyl (C=O) groups is 1. The zero-order valence-corrected chi connectivity index (χ0v) is 14.8. The predicted octanol–water partition coefficient (Wildman–Crippen LogP) is 3.64. The maximum Gasteiger partial charge on any atom is 0.273 e. The zero-order chi connectivity index (χ0) is 18.0. The van der Waals surface area contributed by atoms with E-state index in [1.807, 2.05) is 31.2 Å². The average molecular weight is 334 g/mol. The Bertz CT molecular complexity index is 930. The van der Waals surface area contributed by atoms with E-state index in [4.69, 9.17) is 5.73 Å². The van der Waals surface area contributed by atoms with Gasteiger partial charge in [-0.05, 0) is 37.0 Å². The fourth-order valence-corrected chi connectivity index (χ4v) is 3.08. The molecule has 5 nitrogen and oxygen atoms in total. The molecule has 3 rings (SSSR count). The molecule has 0 atom stereocenters. The molecular formula is C20H22N4O. The molecule has 3 aromatic rings. The molecule has 0 fully saturated rings. The van der Waals surface area contributed by atoms with Gasteiger partial charge < -0.3 is 11.1 Å². The summed E-state index contributed by atoms with van der Waals surface area (Å²) in [5, 5.41) is 12.0. The highest BCUT2D eigenvalue weighted by Gasteiger charge is 2.18. The molecule has 0 unspecified atom stereocenters. The van der Waals surface area contributed by atoms with Crippen molar-refractivity contribution in [2.75, 3.05) is 12.3 Å². The molecule has 0 aliphatic carbocycles. The van der Waals surface area contributed by atoms with Crippen molar-refractivity contribution in [1.29, 1.82) is 0 Å². The molecule has 1 amide bonds. The predicted molar refractivity (Wildman–Crippen MR) is 101 cm³/mol. The molecule has 0 bridgehead atoms. The molecule has 0 aliphatic rings. The SMILES string of the molecule is CCCNC(=O)c1nnc2c(-c3c(C)cccc3C)cccc2c1N. The lowest BCUT2D eigenvalue weighted by molar-refractivity contribution is 0.0949. The lowest BCUT2D eigenvalue weighted by Crippen LogP contribution is -2.26. The first-order chi connectivity index (χ1) is 12.0. The van der Waals surface area contributed by atoms with Gasteiger partial charge in [-0.2, -0.15) is 0 Å². The van der Waals surface area contributed by atoms with Gasteiger partial charge in [0.25, 0.3) is 5.91 Å². The van der Waals surface area contributed by atoms with Crippen LogP contribution in [0.15, 0.2) is 36.4 Å². The second-order valence-corrected chi connectivity index (χ2v) is 6.19. The third-order valence-corrected chi connectivity index (χ3v) is 4.33. The van der Waals surface area contributed by atoms with Crippen LogP contribution in [-0.4, -0.2) is 22.6 Å². The molecular weight excluding hydrogens is 312 g/mol. The van der Waals surface area contributed by atoms with Gasteiger partial charge in [0.1, 0.15) is 5.52 Å². The Hall–Kier alpha value is -2.95. The maximum atomic E-state index is 12.2. The first kappa shape index (κ1) is 16.9. The number of aryl methyl sites for hydroxylation is 2. The minimum absolute atomic E-state index is 0.180. The van der Waals surface area contributed by atoms with Gasteiger partial charge in [-0.25, -0.2) is 0 Å². The number of nitrogens with one attached hydrogen (secondary N) is 1. The summed E-state index contributed by atoms with van der Waals surface area (Å²) in [7, 11) is 0. The molecule has 0 spiro atoms. The van der Waals surface area contributed by atoms with E-state index in [0.29, 0.717) is 17.7 Å². The van der Waals surface area contributed by atoms with Crippen molar-refractivity contribution in [3.8, 4) is 11.1 Å². The second-order valence-electron chi connectivity index (χ2n) is 6.19. The number of nitrogens with zero attached hydrogens (tertiary/aromatic N) is 2. The number of fused-ring (bicyclic) bond motifs is 1. The van der Waals surface area contributed by atoms with Crippen LogP contribution in [0.4, 0.5) is 5.69 Å². The van der Waals surface area contributed by atoms with Crippen molar-refractivity contribution < 1.29 is 4.79 Å². The fraction of sp³-hybridized carbons (Fsp3) is 0.250. The second kappa shape index (κ2) is 6.89. The van der Waals surface area contributed by atoms with E-state index in [1.54, 1.807) is 0 Å². The number of aromatic nitrogens is 2. The summed E-state index contributed by atoms with van der Waals surface area (Å²) in [6.45, 7) is 6.72. The summed E-state index contributed by atoms with van der Waals surface area (Å²) >= 11 is 0. The summed E-state index contributed by atoms with van der Waals surface area (Å²) in [5.74, 6) is -0.286. The van der Waals surface area contributed by atoms with E-state index < -0.39 is 0 Å². The molecule has 0 saturated carbocycles. The summed E-state index contributed by atoms with van der Waals surface area (Å²) in [6.07, 6.45) is 0.851. The van der Waals surface area contributed by atoms with Crippen LogP contribution >= 0.6 is 0 Å². The summed E-state index contributed by atoms with van der Waals surface area (Å²) in [5.41, 5.74) is 11.9. The smallest absolute Gasteiger partial charge is 0.273 e. The van der Waals surface area contributed by atoms with Crippen LogP contribution in [-0.2, 0) is 0 Å². The number of rotatable bonds is 4. The highest BCUT2D eigenvalue weighted by Crippen LogP contribution is 2.34. The van der Waals surface area contributed by atoms with Crippen LogP contribution in [0.25, 0.3) is 22.0 Å². The van der Waals surface area contributed by atoms with Crippen LogP contribution in [0.3, 0.4) is 0 Å². The van der Waals surface area contributed by atoms with Crippen LogP contribution in [0, 0.1) is 13.8 Å². The van der Waals surface area contributed by atoms with Crippen LogP contribution < -0.4 is 11.1 Å². The van der Waals surface area contributed by atoms with E-state index >= 15 is 0 Å². The lowest BCUT2D eigenvalue weighted by Gasteiger charge is -2.13. The number of hydrogen-bond donors (Lipinski definition) is 2. The summed E-state index contributed by atoms with van der Waals surface area (Å²) in [4.78, 5) is 12.2. The average Bonchev–Trinajstić information content (AvgIpc) is 2.60. The Morgan fingerprint density at radius 1 is 1.08 bits per heavy atom. The Morgan fingerprint density at radius 3 is 2.44 bits per heavy atom. The van der Waals surface area contributed by atoms with Gasteiger partial charge in [-0.3, -0.25) is 4.79 Å². The van der Waals surface area contributed by atoms with E-state index in [-0.39, 0.29) is 11.6 Å². The van der Waals surface area contributed by atoms with Crippen LogP contribution in [0.2, 0.25) is 0 Å². The quantitative estimate of drug-likeness (QED) is 0.763. The molecule has 2 aromatic carbocycles. The van der Waals surface area contributed by atoms with Crippen molar-refractivity contribution in [3.05, 3.63) is 53.2 Å². The monoisotopic (exact) mass is 334 g/mol. The van der Waals surface area contributed by atoms with Crippen molar-refractivity contribution >= 4 is 22.5 Å². The first-order valence-corrected chi connectivity index (χ1v) is 8.44. The summed E-state index contributed by atoms with van der Waals surface area (Å²) < 4.78 is 0. The number of hydrogen-bond acceptors (Lipinski definition) is 4. The molecule has 1 aromatic heterocycles. The number of carbonyl (C=O) groups excluding carboxylic acids is 1. The Kier molecular flexibility index (Phi) is 4.65. The standard InChI is InChI=1S/C20H22N4O/c1-4-11-22-20(25)19-17(21)15-10-6-9-14(18(15)23-24-19)16-12(2)7-5-8-13(16)3/h5-10H,4,11H2,1-3H3,(H2,21,23)(H,22,25). The minimum atomic E-state index is -0.286. The van der Waals surface area contributed by atoms with E-state index in [1.165, 1.54) is 0 Å². The van der Waals surface area contributed by atoms with Gasteiger partial charge >= 0.3 is 0 Å². The lowest BCUT2D eigenvalue weighted by atomic mass is 9.94. The first-order valence-electron chi connectivity index (χ1n) is 8.44. The molecule has 3 N–H and O–H groups in total. The van der Waals surface area contributed by atoms with E-state index in [0.717, 1.165) is 34.1 Å². The minimum Gasteiger partial charge on any atom is -0.396 e. The molecule has 5 heteroatoms. The Morgan fingerprint density at radius 2 is 1.76 bits per heavy atom. The van der Waals surface area contributed by atoms with Crippen LogP contribution in [0.1, 0.15) is 35.0 Å². The van der Waals surface area contributed by atoms with Gasteiger partial charge in [0.05, 0.1) is 5.69 Å². The molecule has 0 radical (unpaired) electrons. The van der Waals surface area contributed by atoms with E-state index in [9.17, 15) is 4.79 Å². The third-order valence-electron chi connectivity index (χ3n) is 4.33. The summed E-state index contributed by atoms with van der Waals surface area (Å²) in [6, 6.07) is 12.0. The van der Waals surface area contributed by atoms with Crippen molar-refractivity contribution in [2.24, 2.45) is 0 Å². The van der Waals surface area contributed by atoms with Crippen molar-refractivity contribution in [1.82, 2.24) is 15.5 Å². The van der Waals surface area contributed by atoms with Crippen molar-refractivity contribution in [2.45, 2.75) is 27.2 Å². The highest BCUT2D eigenvalue weighted by atomic mass is 16.1. The number of nitrogen functional groups attached to an aromatic ring is 1. The molecule has 128 valence electrons. The highest BCUT2D eigenvalue weighted by molar-refractivity contribution is 6.07. The third kappa shape index (κ3) is 3.05. The number of amides is 1. The van der Waals surface area contributed by atoms with Gasteiger partial charge in [-0.15, -0.1) is 10.2 Å². The topological polar surface area (TPSA) is 80.9 Å². The number of benzene rings is 2. The molecule has 1 heterocycles. The van der Waals surface area contributed by atoms with Crippen LogP contribution in [0.5, 0.6) is 0 Å². The molecule has 25 heavy (non-hydrogen) atoms. The normalized spacial score (nSPS) is 10.8. The van der Waals surface area contributed by atoms with Gasteiger partial charge in [0.2, 0.25) is 0 Å². The Balaban J connectivity index is 2.19. The van der Waals surface area contributed by atoms with E-state index in [2.05, 4.69) is 41.5 Å². The molecule has 0 saturated heterocycles. The zero-order valence-electron chi connectivity index (χ0n) is 14.8. The number of anilines is 1. The van der Waals surface area contributed by atoms with Crippen molar-refractivity contribution in [3.63, 3.8) is 0 Å². The largest absolute Gasteiger partial charge is 0.396 e. The van der Waals surface area contributed by atoms with Gasteiger partial charge in [0, 0.05) is 17.5 Å².